The lowest BCUT2D eigenvalue weighted by Crippen LogP contribution is -2.45. The van der Waals surface area contributed by atoms with Crippen molar-refractivity contribution in [2.75, 3.05) is 9.96 Å². The normalized spacial score (nSPS) is 11.2. The van der Waals surface area contributed by atoms with Gasteiger partial charge >= 0.3 is 0 Å². The van der Waals surface area contributed by atoms with Crippen molar-refractivity contribution < 1.29 is 0 Å². The molecule has 0 fully saturated rings. The highest BCUT2D eigenvalue weighted by Gasteiger charge is 2.21. The van der Waals surface area contributed by atoms with Gasteiger partial charge in [-0.25, -0.2) is 0 Å². The number of hydrogen-bond acceptors (Lipinski definition) is 2. The average Bonchev–Trinajstić information content (AvgIpc) is 2.27. The van der Waals surface area contributed by atoms with Gasteiger partial charge in [0.1, 0.15) is 0 Å². The molecule has 2 aromatic rings. The highest BCUT2D eigenvalue weighted by Crippen LogP contribution is 2.17. The minimum absolute atomic E-state index is 1.19. The van der Waals surface area contributed by atoms with Gasteiger partial charge in [-0.2, -0.15) is 0 Å². The van der Waals surface area contributed by atoms with E-state index in [0.29, 0.717) is 0 Å². The standard InChI is InChI=1S/C16H22N2Si/c1-13-7-5-9-15(11-13)17-19(3,4)18-16-10-6-8-14(2)12-16/h5-12,17-18H,1-4H3. The van der Waals surface area contributed by atoms with E-state index >= 15 is 0 Å². The van der Waals surface area contributed by atoms with Crippen molar-refractivity contribution in [3.63, 3.8) is 0 Å². The van der Waals surface area contributed by atoms with Crippen molar-refractivity contribution in [2.24, 2.45) is 0 Å². The van der Waals surface area contributed by atoms with Crippen molar-refractivity contribution in [3.8, 4) is 0 Å². The number of anilines is 2. The van der Waals surface area contributed by atoms with Crippen LogP contribution in [-0.4, -0.2) is 8.40 Å². The van der Waals surface area contributed by atoms with Gasteiger partial charge in [-0.3, -0.25) is 0 Å². The Bertz CT molecular complexity index is 515. The molecule has 0 bridgehead atoms. The fraction of sp³-hybridized carbons (Fsp3) is 0.250. The van der Waals surface area contributed by atoms with Gasteiger partial charge in [-0.1, -0.05) is 24.3 Å². The van der Waals surface area contributed by atoms with Crippen LogP contribution in [0.15, 0.2) is 48.5 Å². The van der Waals surface area contributed by atoms with E-state index in [1.165, 1.54) is 22.5 Å². The molecule has 0 spiro atoms. The average molecular weight is 270 g/mol. The lowest BCUT2D eigenvalue weighted by Gasteiger charge is -2.27. The molecule has 2 aromatic carbocycles. The predicted octanol–water partition coefficient (Wildman–Crippen LogP) is 4.53. The molecule has 0 amide bonds. The Morgan fingerprint density at radius 2 is 1.16 bits per heavy atom. The Labute approximate surface area is 117 Å². The van der Waals surface area contributed by atoms with Crippen LogP contribution in [-0.2, 0) is 0 Å². The molecule has 0 aliphatic rings. The first kappa shape index (κ1) is 13.7. The van der Waals surface area contributed by atoms with Crippen LogP contribution in [0.4, 0.5) is 11.4 Å². The molecule has 0 atom stereocenters. The summed E-state index contributed by atoms with van der Waals surface area (Å²) in [6.07, 6.45) is 0. The third-order valence-corrected chi connectivity index (χ3v) is 4.78. The van der Waals surface area contributed by atoms with Crippen molar-refractivity contribution in [1.82, 2.24) is 0 Å². The SMILES string of the molecule is Cc1cccc(N[Si](C)(C)Nc2cccc(C)c2)c1. The van der Waals surface area contributed by atoms with Crippen molar-refractivity contribution in [2.45, 2.75) is 26.9 Å². The number of nitrogens with one attached hydrogen (secondary N) is 2. The highest BCUT2D eigenvalue weighted by molar-refractivity contribution is 6.83. The van der Waals surface area contributed by atoms with Crippen LogP contribution in [0.3, 0.4) is 0 Å². The second kappa shape index (κ2) is 5.49. The van der Waals surface area contributed by atoms with E-state index in [2.05, 4.69) is 85.4 Å². The molecule has 0 aliphatic heterocycles. The Morgan fingerprint density at radius 3 is 1.53 bits per heavy atom. The molecule has 19 heavy (non-hydrogen) atoms. The van der Waals surface area contributed by atoms with Crippen LogP contribution in [0.1, 0.15) is 11.1 Å². The third-order valence-electron chi connectivity index (χ3n) is 2.95. The van der Waals surface area contributed by atoms with E-state index in [-0.39, 0.29) is 0 Å². The lowest BCUT2D eigenvalue weighted by molar-refractivity contribution is 1.44. The number of aryl methyl sites for hydroxylation is 2. The van der Waals surface area contributed by atoms with Crippen LogP contribution >= 0.6 is 0 Å². The molecule has 2 rings (SSSR count). The molecule has 0 aliphatic carbocycles. The molecule has 0 saturated carbocycles. The molecule has 0 saturated heterocycles. The summed E-state index contributed by atoms with van der Waals surface area (Å²) in [6, 6.07) is 17.0. The third kappa shape index (κ3) is 4.14. The molecular formula is C16H22N2Si. The summed E-state index contributed by atoms with van der Waals surface area (Å²) in [6.45, 7) is 8.79. The van der Waals surface area contributed by atoms with Gasteiger partial charge in [0.25, 0.3) is 8.40 Å². The van der Waals surface area contributed by atoms with E-state index < -0.39 is 8.40 Å². The van der Waals surface area contributed by atoms with Gasteiger partial charge in [-0.05, 0) is 62.3 Å². The van der Waals surface area contributed by atoms with Crippen LogP contribution < -0.4 is 9.96 Å². The Morgan fingerprint density at radius 1 is 0.737 bits per heavy atom. The minimum atomic E-state index is -1.73. The van der Waals surface area contributed by atoms with Gasteiger partial charge < -0.3 is 9.96 Å². The van der Waals surface area contributed by atoms with Crippen molar-refractivity contribution in [3.05, 3.63) is 59.7 Å². The Hall–Kier alpha value is -1.74. The minimum Gasteiger partial charge on any atom is -0.395 e. The van der Waals surface area contributed by atoms with Gasteiger partial charge in [0, 0.05) is 11.4 Å². The van der Waals surface area contributed by atoms with E-state index in [4.69, 9.17) is 0 Å². The second-order valence-electron chi connectivity index (χ2n) is 5.61. The zero-order valence-electron chi connectivity index (χ0n) is 12.1. The first-order valence-electron chi connectivity index (χ1n) is 6.64. The first-order chi connectivity index (χ1) is 8.94. The number of rotatable bonds is 4. The molecule has 0 heterocycles. The summed E-state index contributed by atoms with van der Waals surface area (Å²) in [5, 5.41) is 0. The van der Waals surface area contributed by atoms with E-state index in [0.717, 1.165) is 0 Å². The number of hydrogen-bond donors (Lipinski definition) is 2. The fourth-order valence-electron chi connectivity index (χ4n) is 2.20. The fourth-order valence-corrected chi connectivity index (χ4v) is 4.02. The molecule has 0 aromatic heterocycles. The second-order valence-corrected chi connectivity index (χ2v) is 9.36. The van der Waals surface area contributed by atoms with Crippen molar-refractivity contribution in [1.29, 1.82) is 0 Å². The molecular weight excluding hydrogens is 248 g/mol. The van der Waals surface area contributed by atoms with Crippen LogP contribution in [0, 0.1) is 13.8 Å². The van der Waals surface area contributed by atoms with E-state index in [9.17, 15) is 0 Å². The Balaban J connectivity index is 2.10. The predicted molar refractivity (Wildman–Crippen MR) is 87.1 cm³/mol. The highest BCUT2D eigenvalue weighted by atomic mass is 28.3. The summed E-state index contributed by atoms with van der Waals surface area (Å²) in [7, 11) is -1.73. The maximum absolute atomic E-state index is 3.65. The summed E-state index contributed by atoms with van der Waals surface area (Å²) < 4.78 is 0. The summed E-state index contributed by atoms with van der Waals surface area (Å²) in [4.78, 5) is 7.31. The Kier molecular flexibility index (Phi) is 3.95. The van der Waals surface area contributed by atoms with Gasteiger partial charge in [0.2, 0.25) is 0 Å². The largest absolute Gasteiger partial charge is 0.395 e. The van der Waals surface area contributed by atoms with Crippen LogP contribution in [0.25, 0.3) is 0 Å². The molecule has 2 N–H and O–H groups in total. The maximum atomic E-state index is 3.65. The van der Waals surface area contributed by atoms with Crippen molar-refractivity contribution >= 4 is 19.8 Å². The molecule has 0 radical (unpaired) electrons. The molecule has 2 nitrogen and oxygen atoms in total. The number of benzene rings is 2. The van der Waals surface area contributed by atoms with Crippen LogP contribution in [0.2, 0.25) is 13.1 Å². The van der Waals surface area contributed by atoms with E-state index in [1.54, 1.807) is 0 Å². The molecule has 0 unspecified atom stereocenters. The zero-order valence-corrected chi connectivity index (χ0v) is 13.1. The molecule has 100 valence electrons. The van der Waals surface area contributed by atoms with Crippen LogP contribution in [0.5, 0.6) is 0 Å². The zero-order chi connectivity index (χ0) is 13.9. The summed E-state index contributed by atoms with van der Waals surface area (Å²) in [5.41, 5.74) is 4.95. The quantitative estimate of drug-likeness (QED) is 0.798. The van der Waals surface area contributed by atoms with Gasteiger partial charge in [-0.15, -0.1) is 0 Å². The maximum Gasteiger partial charge on any atom is 0.252 e. The monoisotopic (exact) mass is 270 g/mol. The lowest BCUT2D eigenvalue weighted by atomic mass is 10.2. The van der Waals surface area contributed by atoms with Gasteiger partial charge in [0.05, 0.1) is 0 Å². The topological polar surface area (TPSA) is 24.1 Å². The first-order valence-corrected chi connectivity index (χ1v) is 9.64. The van der Waals surface area contributed by atoms with E-state index in [1.807, 2.05) is 0 Å². The smallest absolute Gasteiger partial charge is 0.252 e. The summed E-state index contributed by atoms with van der Waals surface area (Å²) >= 11 is 0. The molecule has 3 heteroatoms. The summed E-state index contributed by atoms with van der Waals surface area (Å²) in [5.74, 6) is 0. The van der Waals surface area contributed by atoms with Gasteiger partial charge in [0.15, 0.2) is 0 Å².